The highest BCUT2D eigenvalue weighted by Crippen LogP contribution is 2.37. The molecule has 1 unspecified atom stereocenters. The van der Waals surface area contributed by atoms with E-state index in [0.717, 1.165) is 35.0 Å². The minimum atomic E-state index is 0.0489. The summed E-state index contributed by atoms with van der Waals surface area (Å²) in [5, 5.41) is 5.21. The molecule has 1 N–H and O–H groups in total. The molecular formula is C23H30N2O2. The molecule has 1 aliphatic heterocycles. The monoisotopic (exact) mass is 366 g/mol. The fourth-order valence-corrected chi connectivity index (χ4v) is 3.89. The zero-order chi connectivity index (χ0) is 19.2. The third-order valence-corrected chi connectivity index (χ3v) is 5.57. The van der Waals surface area contributed by atoms with Crippen molar-refractivity contribution in [1.29, 1.82) is 0 Å². The molecule has 0 radical (unpaired) electrons. The number of unbranched alkanes of at least 4 members (excludes halogenated alkanes) is 1. The molecule has 4 heteroatoms. The van der Waals surface area contributed by atoms with Crippen LogP contribution in [0.2, 0.25) is 0 Å². The zero-order valence-electron chi connectivity index (χ0n) is 16.5. The van der Waals surface area contributed by atoms with Gasteiger partial charge in [0.1, 0.15) is 0 Å². The molecule has 0 saturated heterocycles. The fraction of sp³-hybridized carbons (Fsp3) is 0.478. The number of anilines is 1. The molecule has 3 rings (SSSR count). The molecule has 0 fully saturated rings. The molecule has 0 spiro atoms. The third-order valence-electron chi connectivity index (χ3n) is 5.57. The second kappa shape index (κ2) is 9.03. The zero-order valence-corrected chi connectivity index (χ0v) is 16.5. The summed E-state index contributed by atoms with van der Waals surface area (Å²) in [6.07, 6.45) is 5.83. The van der Waals surface area contributed by atoms with Crippen LogP contribution in [0.1, 0.15) is 62.7 Å². The van der Waals surface area contributed by atoms with Gasteiger partial charge in [-0.3, -0.25) is 9.59 Å². The Bertz CT molecular complexity index is 810. The van der Waals surface area contributed by atoms with Gasteiger partial charge < -0.3 is 10.2 Å². The number of amides is 2. The van der Waals surface area contributed by atoms with Gasteiger partial charge in [-0.15, -0.1) is 0 Å². The van der Waals surface area contributed by atoms with E-state index in [0.29, 0.717) is 25.3 Å². The van der Waals surface area contributed by atoms with Crippen LogP contribution in [-0.2, 0) is 4.79 Å². The smallest absolute Gasteiger partial charge is 0.258 e. The lowest BCUT2D eigenvalue weighted by Gasteiger charge is -2.18. The van der Waals surface area contributed by atoms with Crippen LogP contribution in [0, 0.1) is 5.92 Å². The molecular weight excluding hydrogens is 336 g/mol. The summed E-state index contributed by atoms with van der Waals surface area (Å²) in [6, 6.07) is 11.9. The quantitative estimate of drug-likeness (QED) is 0.649. The Hall–Kier alpha value is -2.36. The van der Waals surface area contributed by atoms with Crippen molar-refractivity contribution in [1.82, 2.24) is 5.32 Å². The first kappa shape index (κ1) is 19.4. The van der Waals surface area contributed by atoms with E-state index in [4.69, 9.17) is 0 Å². The topological polar surface area (TPSA) is 49.4 Å². The van der Waals surface area contributed by atoms with Crippen LogP contribution in [0.3, 0.4) is 0 Å². The van der Waals surface area contributed by atoms with E-state index in [-0.39, 0.29) is 11.8 Å². The van der Waals surface area contributed by atoms with E-state index >= 15 is 0 Å². The maximum atomic E-state index is 12.7. The number of nitrogens with one attached hydrogen (secondary N) is 1. The van der Waals surface area contributed by atoms with Gasteiger partial charge in [-0.1, -0.05) is 57.4 Å². The average Bonchev–Trinajstić information content (AvgIpc) is 2.96. The van der Waals surface area contributed by atoms with Crippen LogP contribution in [0.15, 0.2) is 36.4 Å². The van der Waals surface area contributed by atoms with Crippen LogP contribution < -0.4 is 10.2 Å². The maximum Gasteiger partial charge on any atom is 0.258 e. The van der Waals surface area contributed by atoms with Crippen molar-refractivity contribution in [2.45, 2.75) is 52.4 Å². The Morgan fingerprint density at radius 3 is 2.63 bits per heavy atom. The standard InChI is InChI=1S/C23H30N2O2/c1-3-5-9-17(4-2)16-24-21(26)14-8-15-25-20-13-7-11-18-10-6-12-19(22(18)20)23(25)27/h6-7,10-13,17H,3-5,8-9,14-16H2,1-2H3,(H,24,26). The SMILES string of the molecule is CCCCC(CC)CNC(=O)CCCN1C(=O)c2cccc3cccc1c23. The van der Waals surface area contributed by atoms with Crippen molar-refractivity contribution in [3.63, 3.8) is 0 Å². The van der Waals surface area contributed by atoms with Gasteiger partial charge >= 0.3 is 0 Å². The van der Waals surface area contributed by atoms with Crippen LogP contribution in [0.25, 0.3) is 10.8 Å². The highest BCUT2D eigenvalue weighted by Gasteiger charge is 2.28. The Morgan fingerprint density at radius 2 is 1.89 bits per heavy atom. The van der Waals surface area contributed by atoms with Crippen molar-refractivity contribution in [2.75, 3.05) is 18.0 Å². The summed E-state index contributed by atoms with van der Waals surface area (Å²) >= 11 is 0. The van der Waals surface area contributed by atoms with Crippen LogP contribution in [-0.4, -0.2) is 24.9 Å². The minimum absolute atomic E-state index is 0.0489. The maximum absolute atomic E-state index is 12.7. The molecule has 27 heavy (non-hydrogen) atoms. The van der Waals surface area contributed by atoms with Crippen molar-refractivity contribution in [3.05, 3.63) is 42.0 Å². The molecule has 1 heterocycles. The van der Waals surface area contributed by atoms with Gasteiger partial charge in [-0.25, -0.2) is 0 Å². The van der Waals surface area contributed by atoms with Crippen molar-refractivity contribution < 1.29 is 9.59 Å². The number of carbonyl (C=O) groups is 2. The first-order chi connectivity index (χ1) is 13.2. The number of carbonyl (C=O) groups excluding carboxylic acids is 2. The van der Waals surface area contributed by atoms with E-state index in [1.165, 1.54) is 19.3 Å². The molecule has 0 aliphatic carbocycles. The van der Waals surface area contributed by atoms with E-state index in [1.54, 1.807) is 0 Å². The summed E-state index contributed by atoms with van der Waals surface area (Å²) in [6.45, 7) is 5.73. The van der Waals surface area contributed by atoms with Crippen molar-refractivity contribution in [3.8, 4) is 0 Å². The van der Waals surface area contributed by atoms with Crippen LogP contribution in [0.5, 0.6) is 0 Å². The Morgan fingerprint density at radius 1 is 1.11 bits per heavy atom. The second-order valence-corrected chi connectivity index (χ2v) is 7.46. The molecule has 4 nitrogen and oxygen atoms in total. The molecule has 2 aromatic rings. The molecule has 0 saturated carbocycles. The fourth-order valence-electron chi connectivity index (χ4n) is 3.89. The molecule has 0 aromatic heterocycles. The summed E-state index contributed by atoms with van der Waals surface area (Å²) in [5.41, 5.74) is 1.74. The van der Waals surface area contributed by atoms with Gasteiger partial charge in [-0.2, -0.15) is 0 Å². The van der Waals surface area contributed by atoms with Gasteiger partial charge in [-0.05, 0) is 36.3 Å². The van der Waals surface area contributed by atoms with Gasteiger partial charge in [0, 0.05) is 30.5 Å². The predicted octanol–water partition coefficient (Wildman–Crippen LogP) is 4.91. The van der Waals surface area contributed by atoms with E-state index < -0.39 is 0 Å². The van der Waals surface area contributed by atoms with Gasteiger partial charge in [0.15, 0.2) is 0 Å². The number of nitrogens with zero attached hydrogens (tertiary/aromatic N) is 1. The molecule has 1 atom stereocenters. The number of benzene rings is 2. The number of hydrogen-bond donors (Lipinski definition) is 1. The van der Waals surface area contributed by atoms with Gasteiger partial charge in [0.2, 0.25) is 5.91 Å². The minimum Gasteiger partial charge on any atom is -0.356 e. The average molecular weight is 367 g/mol. The van der Waals surface area contributed by atoms with E-state index in [2.05, 4.69) is 19.2 Å². The van der Waals surface area contributed by atoms with Gasteiger partial charge in [0.05, 0.1) is 5.69 Å². The largest absolute Gasteiger partial charge is 0.356 e. The Kier molecular flexibility index (Phi) is 6.49. The second-order valence-electron chi connectivity index (χ2n) is 7.46. The van der Waals surface area contributed by atoms with E-state index in [1.807, 2.05) is 41.3 Å². The number of rotatable bonds is 10. The Balaban J connectivity index is 1.51. The van der Waals surface area contributed by atoms with Crippen molar-refractivity contribution in [2.24, 2.45) is 5.92 Å². The first-order valence-corrected chi connectivity index (χ1v) is 10.3. The highest BCUT2D eigenvalue weighted by atomic mass is 16.2. The summed E-state index contributed by atoms with van der Waals surface area (Å²) in [7, 11) is 0. The van der Waals surface area contributed by atoms with E-state index in [9.17, 15) is 9.59 Å². The lowest BCUT2D eigenvalue weighted by molar-refractivity contribution is -0.121. The molecule has 1 aliphatic rings. The van der Waals surface area contributed by atoms with Gasteiger partial charge in [0.25, 0.3) is 5.91 Å². The molecule has 0 bridgehead atoms. The van der Waals surface area contributed by atoms with Crippen LogP contribution >= 0.6 is 0 Å². The third kappa shape index (κ3) is 4.32. The molecule has 2 amide bonds. The first-order valence-electron chi connectivity index (χ1n) is 10.3. The highest BCUT2D eigenvalue weighted by molar-refractivity contribution is 6.25. The molecule has 144 valence electrons. The number of hydrogen-bond acceptors (Lipinski definition) is 2. The lowest BCUT2D eigenvalue weighted by Crippen LogP contribution is -2.31. The molecule has 2 aromatic carbocycles. The van der Waals surface area contributed by atoms with Crippen molar-refractivity contribution >= 4 is 28.3 Å². The Labute approximate surface area is 161 Å². The van der Waals surface area contributed by atoms with Crippen LogP contribution in [0.4, 0.5) is 5.69 Å². The summed E-state index contributed by atoms with van der Waals surface area (Å²) in [4.78, 5) is 26.7. The normalized spacial score (nSPS) is 14.0. The summed E-state index contributed by atoms with van der Waals surface area (Å²) in [5.74, 6) is 0.710. The summed E-state index contributed by atoms with van der Waals surface area (Å²) < 4.78 is 0. The lowest BCUT2D eigenvalue weighted by atomic mass is 9.99. The predicted molar refractivity (Wildman–Crippen MR) is 111 cm³/mol.